The SMILES string of the molecule is CC1=C(C(=O)Nc2ccccc2)C(c2ccccn2)n2nc(-c3ccccc3Cl)nc2N1. The van der Waals surface area contributed by atoms with Gasteiger partial charge in [-0.05, 0) is 43.3 Å². The standard InChI is InChI=1S/C24H19ClN6O/c1-15-20(23(32)28-16-9-3-2-4-10-16)21(19-13-7-8-14-26-19)31-24(27-15)29-22(30-31)17-11-5-6-12-18(17)25/h2-14,21H,1H3,(H,28,32)(H,27,29,30). The Kier molecular flexibility index (Phi) is 5.17. The molecule has 0 bridgehead atoms. The van der Waals surface area contributed by atoms with Crippen LogP contribution in [0.1, 0.15) is 18.7 Å². The molecule has 8 heteroatoms. The highest BCUT2D eigenvalue weighted by molar-refractivity contribution is 6.33. The number of fused-ring (bicyclic) bond motifs is 1. The highest BCUT2D eigenvalue weighted by atomic mass is 35.5. The maximum atomic E-state index is 13.4. The molecule has 1 aliphatic heterocycles. The molecule has 2 aromatic heterocycles. The van der Waals surface area contributed by atoms with E-state index in [1.54, 1.807) is 16.9 Å². The fraction of sp³-hybridized carbons (Fsp3) is 0.0833. The summed E-state index contributed by atoms with van der Waals surface area (Å²) in [5.74, 6) is 0.748. The number of para-hydroxylation sites is 1. The zero-order valence-electron chi connectivity index (χ0n) is 17.2. The number of hydrogen-bond donors (Lipinski definition) is 2. The van der Waals surface area contributed by atoms with Gasteiger partial charge in [-0.3, -0.25) is 9.78 Å². The molecule has 0 radical (unpaired) electrons. The molecule has 0 aliphatic carbocycles. The van der Waals surface area contributed by atoms with Crippen LogP contribution < -0.4 is 10.6 Å². The predicted molar refractivity (Wildman–Crippen MR) is 124 cm³/mol. The molecule has 3 heterocycles. The van der Waals surface area contributed by atoms with Crippen LogP contribution in [0, 0.1) is 0 Å². The number of nitrogens with zero attached hydrogens (tertiary/aromatic N) is 4. The first-order chi connectivity index (χ1) is 15.6. The summed E-state index contributed by atoms with van der Waals surface area (Å²) in [6.07, 6.45) is 1.70. The summed E-state index contributed by atoms with van der Waals surface area (Å²) in [5, 5.41) is 11.5. The number of amides is 1. The van der Waals surface area contributed by atoms with Gasteiger partial charge in [0.2, 0.25) is 5.95 Å². The van der Waals surface area contributed by atoms with E-state index in [0.29, 0.717) is 45.0 Å². The van der Waals surface area contributed by atoms with Crippen LogP contribution in [0.2, 0.25) is 5.02 Å². The van der Waals surface area contributed by atoms with Crippen LogP contribution in [0.4, 0.5) is 11.6 Å². The quantitative estimate of drug-likeness (QED) is 0.468. The minimum Gasteiger partial charge on any atom is -0.328 e. The van der Waals surface area contributed by atoms with E-state index in [9.17, 15) is 4.79 Å². The average molecular weight is 443 g/mol. The second-order valence-electron chi connectivity index (χ2n) is 7.32. The van der Waals surface area contributed by atoms with Gasteiger partial charge in [0.25, 0.3) is 5.91 Å². The van der Waals surface area contributed by atoms with Crippen molar-refractivity contribution in [3.8, 4) is 11.4 Å². The first kappa shape index (κ1) is 20.0. The first-order valence-electron chi connectivity index (χ1n) is 10.1. The Labute approximate surface area is 189 Å². The van der Waals surface area contributed by atoms with E-state index in [1.165, 1.54) is 0 Å². The molecule has 0 saturated carbocycles. The van der Waals surface area contributed by atoms with Crippen LogP contribution >= 0.6 is 11.6 Å². The van der Waals surface area contributed by atoms with Gasteiger partial charge in [0.1, 0.15) is 6.04 Å². The number of carbonyl (C=O) groups is 1. The van der Waals surface area contributed by atoms with Gasteiger partial charge >= 0.3 is 0 Å². The van der Waals surface area contributed by atoms with E-state index in [0.717, 1.165) is 0 Å². The lowest BCUT2D eigenvalue weighted by Crippen LogP contribution is -2.32. The number of hydrogen-bond acceptors (Lipinski definition) is 5. The summed E-state index contributed by atoms with van der Waals surface area (Å²) in [4.78, 5) is 22.5. The normalized spacial score (nSPS) is 15.1. The van der Waals surface area contributed by atoms with Gasteiger partial charge in [-0.25, -0.2) is 4.68 Å². The van der Waals surface area contributed by atoms with Crippen molar-refractivity contribution in [2.45, 2.75) is 13.0 Å². The molecule has 1 atom stereocenters. The van der Waals surface area contributed by atoms with Crippen molar-refractivity contribution in [1.82, 2.24) is 19.7 Å². The van der Waals surface area contributed by atoms with E-state index in [1.807, 2.05) is 73.7 Å². The van der Waals surface area contributed by atoms with Gasteiger partial charge in [-0.15, -0.1) is 5.10 Å². The van der Waals surface area contributed by atoms with E-state index < -0.39 is 6.04 Å². The molecule has 0 saturated heterocycles. The Morgan fingerprint density at radius 2 is 1.78 bits per heavy atom. The third-order valence-corrected chi connectivity index (χ3v) is 5.54. The molecular formula is C24H19ClN6O. The smallest absolute Gasteiger partial charge is 0.255 e. The number of aromatic nitrogens is 4. The highest BCUT2D eigenvalue weighted by Crippen LogP contribution is 2.36. The van der Waals surface area contributed by atoms with Gasteiger partial charge in [0.05, 0.1) is 16.3 Å². The van der Waals surface area contributed by atoms with Crippen molar-refractivity contribution < 1.29 is 4.79 Å². The van der Waals surface area contributed by atoms with E-state index in [-0.39, 0.29) is 5.91 Å². The van der Waals surface area contributed by atoms with Gasteiger partial charge in [-0.2, -0.15) is 4.98 Å². The lowest BCUT2D eigenvalue weighted by molar-refractivity contribution is -0.113. The maximum absolute atomic E-state index is 13.4. The summed E-state index contributed by atoms with van der Waals surface area (Å²) < 4.78 is 1.69. The topological polar surface area (TPSA) is 84.7 Å². The van der Waals surface area contributed by atoms with Gasteiger partial charge in [0.15, 0.2) is 5.82 Å². The van der Waals surface area contributed by atoms with Gasteiger partial charge in [0, 0.05) is 23.1 Å². The monoisotopic (exact) mass is 442 g/mol. The molecule has 32 heavy (non-hydrogen) atoms. The lowest BCUT2D eigenvalue weighted by Gasteiger charge is -2.28. The Bertz CT molecular complexity index is 1320. The number of rotatable bonds is 4. The minimum atomic E-state index is -0.556. The fourth-order valence-corrected chi connectivity index (χ4v) is 3.95. The molecule has 2 aromatic carbocycles. The van der Waals surface area contributed by atoms with E-state index in [2.05, 4.69) is 20.6 Å². The lowest BCUT2D eigenvalue weighted by atomic mass is 9.98. The van der Waals surface area contributed by atoms with Gasteiger partial charge in [-0.1, -0.05) is 48.0 Å². The van der Waals surface area contributed by atoms with Crippen LogP contribution in [-0.2, 0) is 4.79 Å². The van der Waals surface area contributed by atoms with E-state index in [4.69, 9.17) is 16.7 Å². The Morgan fingerprint density at radius 3 is 2.53 bits per heavy atom. The Morgan fingerprint density at radius 1 is 1.03 bits per heavy atom. The van der Waals surface area contributed by atoms with Crippen molar-refractivity contribution in [2.75, 3.05) is 10.6 Å². The van der Waals surface area contributed by atoms with Crippen molar-refractivity contribution in [3.05, 3.63) is 101 Å². The van der Waals surface area contributed by atoms with Crippen LogP contribution in [0.3, 0.4) is 0 Å². The minimum absolute atomic E-state index is 0.239. The van der Waals surface area contributed by atoms with Crippen molar-refractivity contribution in [1.29, 1.82) is 0 Å². The van der Waals surface area contributed by atoms with Crippen LogP contribution in [0.5, 0.6) is 0 Å². The average Bonchev–Trinajstić information content (AvgIpc) is 3.23. The first-order valence-corrected chi connectivity index (χ1v) is 10.5. The fourth-order valence-electron chi connectivity index (χ4n) is 3.73. The third-order valence-electron chi connectivity index (χ3n) is 5.21. The van der Waals surface area contributed by atoms with E-state index >= 15 is 0 Å². The van der Waals surface area contributed by atoms with Crippen molar-refractivity contribution in [3.63, 3.8) is 0 Å². The molecule has 0 fully saturated rings. The third kappa shape index (κ3) is 3.63. The molecule has 4 aromatic rings. The number of carbonyl (C=O) groups excluding carboxylic acids is 1. The molecule has 158 valence electrons. The van der Waals surface area contributed by atoms with Crippen LogP contribution in [-0.4, -0.2) is 25.7 Å². The maximum Gasteiger partial charge on any atom is 0.255 e. The summed E-state index contributed by atoms with van der Waals surface area (Å²) in [5.41, 5.74) is 3.29. The van der Waals surface area contributed by atoms with Crippen LogP contribution in [0.15, 0.2) is 90.3 Å². The van der Waals surface area contributed by atoms with Gasteiger partial charge < -0.3 is 10.6 Å². The summed E-state index contributed by atoms with van der Waals surface area (Å²) in [6.45, 7) is 1.85. The van der Waals surface area contributed by atoms with Crippen LogP contribution in [0.25, 0.3) is 11.4 Å². The molecular weight excluding hydrogens is 424 g/mol. The second kappa shape index (κ2) is 8.28. The summed E-state index contributed by atoms with van der Waals surface area (Å²) in [6, 6.07) is 21.8. The molecule has 1 unspecified atom stereocenters. The number of nitrogens with one attached hydrogen (secondary N) is 2. The van der Waals surface area contributed by atoms with Crippen molar-refractivity contribution in [2.24, 2.45) is 0 Å². The number of allylic oxidation sites excluding steroid dienone is 1. The zero-order chi connectivity index (χ0) is 22.1. The molecule has 5 rings (SSSR count). The highest BCUT2D eigenvalue weighted by Gasteiger charge is 2.35. The largest absolute Gasteiger partial charge is 0.328 e. The zero-order valence-corrected chi connectivity index (χ0v) is 17.9. The number of halogens is 1. The summed E-state index contributed by atoms with van der Waals surface area (Å²) >= 11 is 6.38. The number of anilines is 2. The molecule has 2 N–H and O–H groups in total. The Hall–Kier alpha value is -3.97. The number of pyridine rings is 1. The molecule has 1 amide bonds. The molecule has 0 spiro atoms. The molecule has 1 aliphatic rings. The van der Waals surface area contributed by atoms with Crippen molar-refractivity contribution >= 4 is 29.1 Å². The second-order valence-corrected chi connectivity index (χ2v) is 7.73. The molecule has 7 nitrogen and oxygen atoms in total. The number of benzene rings is 2. The summed E-state index contributed by atoms with van der Waals surface area (Å²) in [7, 11) is 0. The Balaban J connectivity index is 1.61. The predicted octanol–water partition coefficient (Wildman–Crippen LogP) is 4.92.